The summed E-state index contributed by atoms with van der Waals surface area (Å²) in [5.74, 6) is -1.08. The van der Waals surface area contributed by atoms with Gasteiger partial charge in [0.1, 0.15) is 0 Å². The molecule has 2 aromatic rings. The Balaban J connectivity index is 2.49. The topological polar surface area (TPSA) is 42.2 Å². The number of benzene rings is 1. The number of nitrogens with zero attached hydrogens (tertiary/aromatic N) is 1. The van der Waals surface area contributed by atoms with Crippen molar-refractivity contribution >= 4 is 16.9 Å². The number of carboxylic acid groups (broad SMARTS) is 1. The summed E-state index contributed by atoms with van der Waals surface area (Å²) in [5.41, 5.74) is 3.55. The lowest BCUT2D eigenvalue weighted by Crippen LogP contribution is -2.12. The Morgan fingerprint density at radius 1 is 1.44 bits per heavy atom. The number of hydrogen-bond donors (Lipinski definition) is 1. The van der Waals surface area contributed by atoms with Crippen LogP contribution in [0.15, 0.2) is 24.3 Å². The number of hydrogen-bond acceptors (Lipinski definition) is 1. The molecule has 96 valence electrons. The molecule has 0 spiro atoms. The van der Waals surface area contributed by atoms with Crippen molar-refractivity contribution in [3.05, 3.63) is 35.5 Å². The molecule has 1 aromatic heterocycles. The van der Waals surface area contributed by atoms with Crippen LogP contribution in [0.2, 0.25) is 0 Å². The van der Waals surface area contributed by atoms with Gasteiger partial charge in [-0.2, -0.15) is 0 Å². The second kappa shape index (κ2) is 4.84. The summed E-state index contributed by atoms with van der Waals surface area (Å²) in [6.45, 7) is 6.91. The van der Waals surface area contributed by atoms with Crippen LogP contribution in [0.25, 0.3) is 10.9 Å². The van der Waals surface area contributed by atoms with Crippen molar-refractivity contribution in [2.24, 2.45) is 5.92 Å². The molecule has 0 aliphatic rings. The highest BCUT2D eigenvalue weighted by atomic mass is 16.4. The molecule has 0 aliphatic heterocycles. The van der Waals surface area contributed by atoms with Crippen LogP contribution in [0.1, 0.15) is 25.1 Å². The minimum Gasteiger partial charge on any atom is -0.481 e. The molecule has 0 bridgehead atoms. The lowest BCUT2D eigenvalue weighted by Gasteiger charge is -2.08. The average molecular weight is 245 g/mol. The number of aromatic nitrogens is 1. The summed E-state index contributed by atoms with van der Waals surface area (Å²) in [6.07, 6.45) is 0.583. The molecule has 1 atom stereocenters. The fraction of sp³-hybridized carbons (Fsp3) is 0.400. The third kappa shape index (κ3) is 2.13. The summed E-state index contributed by atoms with van der Waals surface area (Å²) >= 11 is 0. The van der Waals surface area contributed by atoms with E-state index in [1.54, 1.807) is 6.92 Å². The van der Waals surface area contributed by atoms with Crippen LogP contribution in [0.3, 0.4) is 0 Å². The Hall–Kier alpha value is -1.77. The largest absolute Gasteiger partial charge is 0.481 e. The molecule has 1 unspecified atom stereocenters. The molecule has 3 heteroatoms. The smallest absolute Gasteiger partial charge is 0.306 e. The van der Waals surface area contributed by atoms with Crippen molar-refractivity contribution in [2.45, 2.75) is 33.7 Å². The number of carbonyl (C=O) groups is 1. The van der Waals surface area contributed by atoms with E-state index in [9.17, 15) is 4.79 Å². The SMILES string of the molecule is CCn1c(C)cc2c(CC(C)C(=O)O)cccc21. The minimum absolute atomic E-state index is 0.346. The van der Waals surface area contributed by atoms with Gasteiger partial charge in [-0.15, -0.1) is 0 Å². The molecule has 0 saturated heterocycles. The van der Waals surface area contributed by atoms with Crippen molar-refractivity contribution in [3.8, 4) is 0 Å². The summed E-state index contributed by atoms with van der Waals surface area (Å²) in [5, 5.41) is 10.2. The lowest BCUT2D eigenvalue weighted by atomic mass is 9.98. The van der Waals surface area contributed by atoms with Crippen LogP contribution in [0, 0.1) is 12.8 Å². The molecular formula is C15H19NO2. The molecule has 0 saturated carbocycles. The predicted octanol–water partition coefficient (Wildman–Crippen LogP) is 3.23. The van der Waals surface area contributed by atoms with E-state index in [1.807, 2.05) is 12.1 Å². The van der Waals surface area contributed by atoms with Gasteiger partial charge in [0, 0.05) is 23.1 Å². The van der Waals surface area contributed by atoms with E-state index in [0.29, 0.717) is 6.42 Å². The van der Waals surface area contributed by atoms with Crippen LogP contribution in [-0.4, -0.2) is 15.6 Å². The van der Waals surface area contributed by atoms with Crippen molar-refractivity contribution in [3.63, 3.8) is 0 Å². The van der Waals surface area contributed by atoms with Gasteiger partial charge in [0.05, 0.1) is 5.92 Å². The third-order valence-electron chi connectivity index (χ3n) is 3.51. The van der Waals surface area contributed by atoms with Gasteiger partial charge in [-0.05, 0) is 38.0 Å². The van der Waals surface area contributed by atoms with E-state index in [2.05, 4.69) is 30.5 Å². The Morgan fingerprint density at radius 2 is 2.17 bits per heavy atom. The number of rotatable bonds is 4. The fourth-order valence-electron chi connectivity index (χ4n) is 2.49. The fourth-order valence-corrected chi connectivity index (χ4v) is 2.49. The Kier molecular flexibility index (Phi) is 3.41. The molecule has 1 aromatic carbocycles. The predicted molar refractivity (Wildman–Crippen MR) is 72.9 cm³/mol. The summed E-state index contributed by atoms with van der Waals surface area (Å²) in [4.78, 5) is 11.0. The van der Waals surface area contributed by atoms with Crippen molar-refractivity contribution in [1.82, 2.24) is 4.57 Å². The zero-order valence-corrected chi connectivity index (χ0v) is 11.1. The van der Waals surface area contributed by atoms with E-state index in [4.69, 9.17) is 5.11 Å². The van der Waals surface area contributed by atoms with Crippen molar-refractivity contribution < 1.29 is 9.90 Å². The zero-order chi connectivity index (χ0) is 13.3. The van der Waals surface area contributed by atoms with E-state index >= 15 is 0 Å². The number of aliphatic carboxylic acids is 1. The standard InChI is InChI=1S/C15H19NO2/c1-4-16-11(3)9-13-12(6-5-7-14(13)16)8-10(2)15(17)18/h5-7,9-10H,4,8H2,1-3H3,(H,17,18). The van der Waals surface area contributed by atoms with Crippen LogP contribution in [-0.2, 0) is 17.8 Å². The molecule has 2 rings (SSSR count). The molecular weight excluding hydrogens is 226 g/mol. The Morgan fingerprint density at radius 3 is 2.78 bits per heavy atom. The highest BCUT2D eigenvalue weighted by Crippen LogP contribution is 2.25. The second-order valence-electron chi connectivity index (χ2n) is 4.82. The zero-order valence-electron chi connectivity index (χ0n) is 11.1. The van der Waals surface area contributed by atoms with Gasteiger partial charge in [0.25, 0.3) is 0 Å². The lowest BCUT2D eigenvalue weighted by molar-refractivity contribution is -0.141. The van der Waals surface area contributed by atoms with Crippen LogP contribution >= 0.6 is 0 Å². The van der Waals surface area contributed by atoms with Gasteiger partial charge in [0.15, 0.2) is 0 Å². The maximum Gasteiger partial charge on any atom is 0.306 e. The maximum atomic E-state index is 11.0. The minimum atomic E-state index is -0.737. The van der Waals surface area contributed by atoms with Gasteiger partial charge in [-0.1, -0.05) is 19.1 Å². The maximum absolute atomic E-state index is 11.0. The normalized spacial score (nSPS) is 12.8. The summed E-state index contributed by atoms with van der Waals surface area (Å²) < 4.78 is 2.25. The highest BCUT2D eigenvalue weighted by Gasteiger charge is 2.15. The molecule has 0 fully saturated rings. The summed E-state index contributed by atoms with van der Waals surface area (Å²) in [6, 6.07) is 8.29. The van der Waals surface area contributed by atoms with Crippen molar-refractivity contribution in [1.29, 1.82) is 0 Å². The Labute approximate surface area is 107 Å². The quantitative estimate of drug-likeness (QED) is 0.898. The summed E-state index contributed by atoms with van der Waals surface area (Å²) in [7, 11) is 0. The van der Waals surface area contributed by atoms with Crippen LogP contribution < -0.4 is 0 Å². The van der Waals surface area contributed by atoms with Crippen molar-refractivity contribution in [2.75, 3.05) is 0 Å². The molecule has 18 heavy (non-hydrogen) atoms. The van der Waals surface area contributed by atoms with Gasteiger partial charge < -0.3 is 9.67 Å². The average Bonchev–Trinajstić information content (AvgIpc) is 2.65. The van der Waals surface area contributed by atoms with Gasteiger partial charge in [-0.25, -0.2) is 0 Å². The first-order valence-corrected chi connectivity index (χ1v) is 6.35. The van der Waals surface area contributed by atoms with E-state index in [1.165, 1.54) is 16.6 Å². The number of fused-ring (bicyclic) bond motifs is 1. The Bertz CT molecular complexity index is 583. The molecule has 0 aliphatic carbocycles. The monoisotopic (exact) mass is 245 g/mol. The van der Waals surface area contributed by atoms with Gasteiger partial charge in [0.2, 0.25) is 0 Å². The van der Waals surface area contributed by atoms with Crippen LogP contribution in [0.5, 0.6) is 0 Å². The molecule has 3 nitrogen and oxygen atoms in total. The van der Waals surface area contributed by atoms with E-state index in [-0.39, 0.29) is 5.92 Å². The van der Waals surface area contributed by atoms with E-state index < -0.39 is 5.97 Å². The molecule has 1 N–H and O–H groups in total. The van der Waals surface area contributed by atoms with Gasteiger partial charge in [-0.3, -0.25) is 4.79 Å². The van der Waals surface area contributed by atoms with Gasteiger partial charge >= 0.3 is 5.97 Å². The third-order valence-corrected chi connectivity index (χ3v) is 3.51. The van der Waals surface area contributed by atoms with Crippen LogP contribution in [0.4, 0.5) is 0 Å². The van der Waals surface area contributed by atoms with E-state index in [0.717, 1.165) is 12.1 Å². The molecule has 0 amide bonds. The second-order valence-corrected chi connectivity index (χ2v) is 4.82. The first-order chi connectivity index (χ1) is 8.54. The first-order valence-electron chi connectivity index (χ1n) is 6.35. The highest BCUT2D eigenvalue weighted by molar-refractivity contribution is 5.85. The number of aryl methyl sites for hydroxylation is 2. The molecule has 1 heterocycles. The first kappa shape index (κ1) is 12.7. The molecule has 0 radical (unpaired) electrons. The number of carboxylic acids is 1.